The molecule has 0 atom stereocenters. The minimum atomic E-state index is -4.80. The molecule has 0 aliphatic carbocycles. The predicted molar refractivity (Wildman–Crippen MR) is 99.0 cm³/mol. The number of ether oxygens (including phenoxy) is 1. The van der Waals surface area contributed by atoms with E-state index in [1.165, 1.54) is 38.7 Å². The maximum atomic E-state index is 13.3. The van der Waals surface area contributed by atoms with Gasteiger partial charge in [0.05, 0.1) is 16.0 Å². The van der Waals surface area contributed by atoms with E-state index in [1.54, 1.807) is 0 Å². The van der Waals surface area contributed by atoms with Gasteiger partial charge in [0.15, 0.2) is 5.82 Å². The van der Waals surface area contributed by atoms with Gasteiger partial charge in [0, 0.05) is 18.1 Å². The fourth-order valence-electron chi connectivity index (χ4n) is 2.17. The van der Waals surface area contributed by atoms with Crippen LogP contribution in [0.3, 0.4) is 0 Å². The molecule has 2 rings (SSSR count). The van der Waals surface area contributed by atoms with Crippen LogP contribution in [0.1, 0.15) is 26.3 Å². The van der Waals surface area contributed by atoms with Crippen LogP contribution in [0.2, 0.25) is 0 Å². The van der Waals surface area contributed by atoms with Crippen LogP contribution in [0.15, 0.2) is 34.0 Å². The number of anilines is 2. The van der Waals surface area contributed by atoms with Gasteiger partial charge in [-0.25, -0.2) is 18.2 Å². The molecule has 2 aromatic rings. The molecule has 0 fully saturated rings. The summed E-state index contributed by atoms with van der Waals surface area (Å²) in [5.41, 5.74) is -1.23. The number of nitrogens with zero attached hydrogens (tertiary/aromatic N) is 2. The Morgan fingerprint density at radius 2 is 1.89 bits per heavy atom. The third-order valence-electron chi connectivity index (χ3n) is 3.29. The van der Waals surface area contributed by atoms with Crippen LogP contribution in [-0.2, 0) is 20.9 Å². The van der Waals surface area contributed by atoms with Gasteiger partial charge in [-0.05, 0) is 39.0 Å². The van der Waals surface area contributed by atoms with E-state index in [2.05, 4.69) is 10.3 Å². The number of sulfonamides is 1. The average Bonchev–Trinajstić information content (AvgIpc) is 3.05. The van der Waals surface area contributed by atoms with E-state index in [-0.39, 0.29) is 15.8 Å². The first kappa shape index (κ1) is 22.0. The van der Waals surface area contributed by atoms with Crippen LogP contribution in [0.25, 0.3) is 0 Å². The molecular formula is C16H18F3N3O4S2. The number of carbonyl (C=O) groups excluding carboxylic acids is 1. The molecule has 0 saturated carbocycles. The molecule has 28 heavy (non-hydrogen) atoms. The topological polar surface area (TPSA) is 88.6 Å². The second kappa shape index (κ2) is 7.59. The number of hydrogen-bond donors (Lipinski definition) is 1. The summed E-state index contributed by atoms with van der Waals surface area (Å²) < 4.78 is 71.4. The SMILES string of the molecule is CNc1ccc(S(=O)(=O)N(C(=O)OC(C)(C)C)c2cscn2)cc1C(F)(F)F. The van der Waals surface area contributed by atoms with Crippen molar-refractivity contribution in [3.05, 3.63) is 34.7 Å². The molecular weight excluding hydrogens is 419 g/mol. The highest BCUT2D eigenvalue weighted by Crippen LogP contribution is 2.37. The molecule has 7 nitrogen and oxygen atoms in total. The lowest BCUT2D eigenvalue weighted by atomic mass is 10.1. The van der Waals surface area contributed by atoms with E-state index in [1.807, 2.05) is 0 Å². The molecule has 1 aromatic carbocycles. The highest BCUT2D eigenvalue weighted by molar-refractivity contribution is 7.93. The molecule has 1 aromatic heterocycles. The predicted octanol–water partition coefficient (Wildman–Crippen LogP) is 4.33. The fourth-order valence-corrected chi connectivity index (χ4v) is 4.05. The van der Waals surface area contributed by atoms with Crippen molar-refractivity contribution in [3.63, 3.8) is 0 Å². The number of benzene rings is 1. The van der Waals surface area contributed by atoms with E-state index in [0.29, 0.717) is 6.07 Å². The van der Waals surface area contributed by atoms with E-state index in [0.717, 1.165) is 23.5 Å². The Morgan fingerprint density at radius 1 is 1.25 bits per heavy atom. The summed E-state index contributed by atoms with van der Waals surface area (Å²) in [7, 11) is -3.45. The lowest BCUT2D eigenvalue weighted by Gasteiger charge is -2.26. The van der Waals surface area contributed by atoms with Gasteiger partial charge in [-0.2, -0.15) is 13.2 Å². The molecule has 12 heteroatoms. The number of nitrogens with one attached hydrogen (secondary N) is 1. The van der Waals surface area contributed by atoms with Gasteiger partial charge in [-0.15, -0.1) is 15.6 Å². The molecule has 0 aliphatic heterocycles. The normalized spacial score (nSPS) is 12.5. The van der Waals surface area contributed by atoms with Gasteiger partial charge in [0.2, 0.25) is 0 Å². The monoisotopic (exact) mass is 437 g/mol. The summed E-state index contributed by atoms with van der Waals surface area (Å²) in [6.45, 7) is 4.58. The van der Waals surface area contributed by atoms with Crippen molar-refractivity contribution in [2.75, 3.05) is 16.7 Å². The minimum Gasteiger partial charge on any atom is -0.443 e. The number of amides is 1. The second-order valence-corrected chi connectivity index (χ2v) is 9.06. The zero-order valence-electron chi connectivity index (χ0n) is 15.4. The van der Waals surface area contributed by atoms with Crippen LogP contribution in [-0.4, -0.2) is 32.1 Å². The van der Waals surface area contributed by atoms with Crippen LogP contribution in [0.4, 0.5) is 29.5 Å². The molecule has 0 bridgehead atoms. The number of aromatic nitrogens is 1. The molecule has 0 aliphatic rings. The van der Waals surface area contributed by atoms with Crippen molar-refractivity contribution in [2.24, 2.45) is 0 Å². The largest absolute Gasteiger partial charge is 0.443 e. The molecule has 154 valence electrons. The summed E-state index contributed by atoms with van der Waals surface area (Å²) in [5, 5.41) is 3.63. The Kier molecular flexibility index (Phi) is 5.95. The third kappa shape index (κ3) is 4.73. The van der Waals surface area contributed by atoms with Crippen molar-refractivity contribution >= 4 is 39.0 Å². The van der Waals surface area contributed by atoms with Crippen molar-refractivity contribution in [2.45, 2.75) is 37.4 Å². The van der Waals surface area contributed by atoms with Gasteiger partial charge in [0.1, 0.15) is 5.60 Å². The average molecular weight is 437 g/mol. The van der Waals surface area contributed by atoms with E-state index in [9.17, 15) is 26.4 Å². The lowest BCUT2D eigenvalue weighted by molar-refractivity contribution is -0.137. The van der Waals surface area contributed by atoms with Gasteiger partial charge in [-0.1, -0.05) is 0 Å². The van der Waals surface area contributed by atoms with E-state index in [4.69, 9.17) is 4.74 Å². The Labute approximate surface area is 164 Å². The maximum Gasteiger partial charge on any atom is 0.430 e. The van der Waals surface area contributed by atoms with Crippen molar-refractivity contribution < 1.29 is 31.1 Å². The first-order valence-electron chi connectivity index (χ1n) is 7.83. The zero-order chi connectivity index (χ0) is 21.3. The molecule has 0 unspecified atom stereocenters. The number of rotatable bonds is 4. The van der Waals surface area contributed by atoms with Gasteiger partial charge in [0.25, 0.3) is 10.0 Å². The highest BCUT2D eigenvalue weighted by Gasteiger charge is 2.39. The number of alkyl halides is 3. The Morgan fingerprint density at radius 3 is 2.36 bits per heavy atom. The van der Waals surface area contributed by atoms with Crippen molar-refractivity contribution in [3.8, 4) is 0 Å². The fraction of sp³-hybridized carbons (Fsp3) is 0.375. The number of halogens is 3. The minimum absolute atomic E-state index is 0.253. The van der Waals surface area contributed by atoms with Crippen molar-refractivity contribution in [1.82, 2.24) is 4.98 Å². The third-order valence-corrected chi connectivity index (χ3v) is 5.53. The number of hydrogen-bond acceptors (Lipinski definition) is 7. The van der Waals surface area contributed by atoms with Crippen molar-refractivity contribution in [1.29, 1.82) is 0 Å². The first-order valence-corrected chi connectivity index (χ1v) is 10.2. The molecule has 0 spiro atoms. The Bertz CT molecular complexity index is 952. The molecule has 1 N–H and O–H groups in total. The van der Waals surface area contributed by atoms with Crippen LogP contribution < -0.4 is 9.62 Å². The molecule has 1 amide bonds. The van der Waals surface area contributed by atoms with Gasteiger partial charge in [-0.3, -0.25) is 0 Å². The molecule has 0 radical (unpaired) electrons. The Hall–Kier alpha value is -2.34. The first-order chi connectivity index (χ1) is 12.8. The summed E-state index contributed by atoms with van der Waals surface area (Å²) in [5.74, 6) is -0.273. The number of carbonyl (C=O) groups is 1. The van der Waals surface area contributed by atoms with Gasteiger partial charge >= 0.3 is 12.3 Å². The van der Waals surface area contributed by atoms with E-state index < -0.39 is 38.4 Å². The maximum absolute atomic E-state index is 13.3. The van der Waals surface area contributed by atoms with E-state index >= 15 is 0 Å². The summed E-state index contributed by atoms with van der Waals surface area (Å²) in [6, 6.07) is 2.41. The summed E-state index contributed by atoms with van der Waals surface area (Å²) >= 11 is 1.01. The molecule has 1 heterocycles. The number of thiazole rings is 1. The second-order valence-electron chi connectivity index (χ2n) is 6.55. The summed E-state index contributed by atoms with van der Waals surface area (Å²) in [6.07, 6.45) is -6.08. The summed E-state index contributed by atoms with van der Waals surface area (Å²) in [4.78, 5) is 15.6. The quantitative estimate of drug-likeness (QED) is 0.766. The molecule has 0 saturated heterocycles. The highest BCUT2D eigenvalue weighted by atomic mass is 32.2. The zero-order valence-corrected chi connectivity index (χ0v) is 17.0. The van der Waals surface area contributed by atoms with Crippen LogP contribution >= 0.6 is 11.3 Å². The smallest absolute Gasteiger partial charge is 0.430 e. The van der Waals surface area contributed by atoms with Crippen LogP contribution in [0.5, 0.6) is 0 Å². The van der Waals surface area contributed by atoms with Crippen LogP contribution in [0, 0.1) is 0 Å². The lowest BCUT2D eigenvalue weighted by Crippen LogP contribution is -2.41. The van der Waals surface area contributed by atoms with Gasteiger partial charge < -0.3 is 10.1 Å². The Balaban J connectivity index is 2.62. The standard InChI is InChI=1S/C16H18F3N3O4S2/c1-15(2,3)26-14(23)22(13-8-27-9-21-13)28(24,25)10-5-6-12(20-4)11(7-10)16(17,18)19/h5-9,20H,1-4H3.